The van der Waals surface area contributed by atoms with Gasteiger partial charge in [0.1, 0.15) is 16.9 Å². The van der Waals surface area contributed by atoms with Gasteiger partial charge >= 0.3 is 0 Å². The predicted molar refractivity (Wildman–Crippen MR) is 63.5 cm³/mol. The second-order valence-corrected chi connectivity index (χ2v) is 5.94. The van der Waals surface area contributed by atoms with E-state index in [1.54, 1.807) is 32.4 Å². The maximum absolute atomic E-state index is 12.5. The molecule has 7 nitrogen and oxygen atoms in total. The molecular weight excluding hydrogens is 234 g/mol. The molecule has 1 aromatic heterocycles. The van der Waals surface area contributed by atoms with Gasteiger partial charge in [-0.15, -0.1) is 15.4 Å². The van der Waals surface area contributed by atoms with Gasteiger partial charge in [-0.05, 0) is 34.6 Å². The molecule has 1 N–H and O–H groups in total. The van der Waals surface area contributed by atoms with Crippen LogP contribution in [0.15, 0.2) is 0 Å². The molecule has 1 radical (unpaired) electrons. The molecule has 2 unspecified atom stereocenters. The molecule has 2 rings (SSSR count). The Balaban J connectivity index is 2.51. The summed E-state index contributed by atoms with van der Waals surface area (Å²) in [6.07, 6.45) is -0.860. The van der Waals surface area contributed by atoms with Gasteiger partial charge in [0.05, 0.1) is 0 Å². The zero-order valence-corrected chi connectivity index (χ0v) is 11.7. The highest BCUT2D eigenvalue weighted by atomic mass is 16.6. The number of rotatable bonds is 1. The molecule has 2 atom stereocenters. The number of hydrogen-bond donors (Lipinski definition) is 1. The minimum atomic E-state index is -0.860. The maximum Gasteiger partial charge on any atom is 0.230 e. The van der Waals surface area contributed by atoms with Crippen molar-refractivity contribution >= 4 is 0 Å². The van der Waals surface area contributed by atoms with Crippen LogP contribution in [0.1, 0.15) is 45.5 Å². The molecule has 0 amide bonds. The van der Waals surface area contributed by atoms with Gasteiger partial charge in [-0.25, -0.2) is 0 Å². The maximum atomic E-state index is 12.5. The molecule has 1 fully saturated rings. The molecule has 1 aromatic rings. The highest BCUT2D eigenvalue weighted by molar-refractivity contribution is 5.05. The Hall–Kier alpha value is -1.02. The van der Waals surface area contributed by atoms with E-state index in [2.05, 4.69) is 10.2 Å². The van der Waals surface area contributed by atoms with E-state index in [0.29, 0.717) is 11.6 Å². The van der Waals surface area contributed by atoms with Crippen molar-refractivity contribution in [3.05, 3.63) is 16.9 Å². The molecule has 18 heavy (non-hydrogen) atoms. The van der Waals surface area contributed by atoms with Gasteiger partial charge in [-0.1, -0.05) is 5.06 Å². The normalized spacial score (nSPS) is 30.9. The van der Waals surface area contributed by atoms with Crippen LogP contribution in [0.4, 0.5) is 0 Å². The van der Waals surface area contributed by atoms with Crippen molar-refractivity contribution in [3.63, 3.8) is 0 Å². The van der Waals surface area contributed by atoms with Crippen LogP contribution in [0, 0.1) is 12.1 Å². The summed E-state index contributed by atoms with van der Waals surface area (Å²) in [7, 11) is 1.77. The first-order valence-corrected chi connectivity index (χ1v) is 5.99. The lowest BCUT2D eigenvalue weighted by Crippen LogP contribution is -3.14. The lowest BCUT2D eigenvalue weighted by molar-refractivity contribution is -0.927. The SMILES string of the molecule is Cc1nnc(C2N([O])C(C)(C)C(C)(C)[NH+]2[O-])n1C. The largest absolute Gasteiger partial charge is 0.632 e. The third-order valence-corrected chi connectivity index (χ3v) is 4.55. The molecule has 0 aliphatic carbocycles. The van der Waals surface area contributed by atoms with Gasteiger partial charge in [-0.3, -0.25) is 0 Å². The molecule has 0 bridgehead atoms. The van der Waals surface area contributed by atoms with E-state index in [1.165, 1.54) is 0 Å². The van der Waals surface area contributed by atoms with Gasteiger partial charge in [0, 0.05) is 7.05 Å². The Morgan fingerprint density at radius 1 is 1.28 bits per heavy atom. The Labute approximate surface area is 107 Å². The van der Waals surface area contributed by atoms with Crippen LogP contribution in [-0.2, 0) is 12.3 Å². The fraction of sp³-hybridized carbons (Fsp3) is 0.818. The number of aryl methyl sites for hydroxylation is 1. The highest BCUT2D eigenvalue weighted by Gasteiger charge is 2.61. The second-order valence-electron chi connectivity index (χ2n) is 5.94. The lowest BCUT2D eigenvalue weighted by Gasteiger charge is -2.38. The lowest BCUT2D eigenvalue weighted by atomic mass is 9.84. The molecule has 0 spiro atoms. The average molecular weight is 254 g/mol. The molecule has 2 heterocycles. The summed E-state index contributed by atoms with van der Waals surface area (Å²) in [6.45, 7) is 9.00. The highest BCUT2D eigenvalue weighted by Crippen LogP contribution is 2.36. The fourth-order valence-corrected chi connectivity index (χ4v) is 2.23. The van der Waals surface area contributed by atoms with Crippen LogP contribution in [0.25, 0.3) is 0 Å². The smallest absolute Gasteiger partial charge is 0.230 e. The van der Waals surface area contributed by atoms with E-state index in [9.17, 15) is 10.4 Å². The minimum absolute atomic E-state index is 0.0991. The third-order valence-electron chi connectivity index (χ3n) is 4.55. The standard InChI is InChI=1S/C11H20N5O2/c1-7-12-13-8(14(7)6)9-15(17)10(2,3)11(4,5)16(9)18/h9,15H,1-6H3. The topological polar surface area (TPSA) is 81.3 Å². The van der Waals surface area contributed by atoms with E-state index in [4.69, 9.17) is 0 Å². The van der Waals surface area contributed by atoms with Crippen LogP contribution in [0.2, 0.25) is 0 Å². The van der Waals surface area contributed by atoms with E-state index in [1.807, 2.05) is 13.8 Å². The van der Waals surface area contributed by atoms with Crippen molar-refractivity contribution in [2.75, 3.05) is 0 Å². The van der Waals surface area contributed by atoms with Crippen LogP contribution in [0.5, 0.6) is 0 Å². The van der Waals surface area contributed by atoms with Crippen molar-refractivity contribution in [1.29, 1.82) is 0 Å². The second kappa shape index (κ2) is 3.74. The molecular formula is C11H20N5O2. The van der Waals surface area contributed by atoms with Crippen molar-refractivity contribution in [1.82, 2.24) is 19.8 Å². The molecule has 7 heteroatoms. The first kappa shape index (κ1) is 13.4. The van der Waals surface area contributed by atoms with Crippen LogP contribution in [-0.4, -0.2) is 30.9 Å². The summed E-state index contributed by atoms with van der Waals surface area (Å²) in [6, 6.07) is 0. The van der Waals surface area contributed by atoms with Gasteiger partial charge in [0.25, 0.3) is 0 Å². The minimum Gasteiger partial charge on any atom is -0.632 e. The van der Waals surface area contributed by atoms with Gasteiger partial charge in [0.2, 0.25) is 12.0 Å². The molecule has 1 saturated heterocycles. The summed E-state index contributed by atoms with van der Waals surface area (Å²) in [5.41, 5.74) is -1.46. The fourth-order valence-electron chi connectivity index (χ4n) is 2.23. The van der Waals surface area contributed by atoms with Gasteiger partial charge < -0.3 is 14.8 Å². The summed E-state index contributed by atoms with van der Waals surface area (Å²) in [5.74, 6) is 1.11. The zero-order valence-electron chi connectivity index (χ0n) is 11.7. The molecule has 0 aromatic carbocycles. The van der Waals surface area contributed by atoms with Gasteiger partial charge in [0.15, 0.2) is 0 Å². The number of aromatic nitrogens is 3. The van der Waals surface area contributed by atoms with E-state index in [-0.39, 0.29) is 5.06 Å². The molecule has 1 aliphatic heterocycles. The first-order valence-electron chi connectivity index (χ1n) is 5.99. The van der Waals surface area contributed by atoms with Crippen LogP contribution >= 0.6 is 0 Å². The van der Waals surface area contributed by atoms with E-state index < -0.39 is 17.2 Å². The van der Waals surface area contributed by atoms with Crippen molar-refractivity contribution in [3.8, 4) is 0 Å². The predicted octanol–water partition coefficient (Wildman–Crippen LogP) is -0.277. The Morgan fingerprint density at radius 2 is 1.83 bits per heavy atom. The molecule has 0 saturated carbocycles. The molecule has 101 valence electrons. The summed E-state index contributed by atoms with van der Waals surface area (Å²) >= 11 is 0. The van der Waals surface area contributed by atoms with Crippen molar-refractivity contribution < 1.29 is 10.3 Å². The summed E-state index contributed by atoms with van der Waals surface area (Å²) in [5, 5.41) is 33.6. The Bertz CT molecular complexity index is 448. The Morgan fingerprint density at radius 3 is 2.17 bits per heavy atom. The number of hydrogen-bond acceptors (Lipinski definition) is 4. The third kappa shape index (κ3) is 1.45. The van der Waals surface area contributed by atoms with Crippen LogP contribution in [0.3, 0.4) is 0 Å². The summed E-state index contributed by atoms with van der Waals surface area (Å²) in [4.78, 5) is 0. The van der Waals surface area contributed by atoms with E-state index in [0.717, 1.165) is 5.06 Å². The number of quaternary nitrogens is 1. The zero-order chi connectivity index (χ0) is 13.9. The van der Waals surface area contributed by atoms with Crippen LogP contribution < -0.4 is 5.06 Å². The Kier molecular flexibility index (Phi) is 2.78. The monoisotopic (exact) mass is 254 g/mol. The average Bonchev–Trinajstić information content (AvgIpc) is 2.64. The van der Waals surface area contributed by atoms with Gasteiger partial charge in [-0.2, -0.15) is 0 Å². The van der Waals surface area contributed by atoms with Crippen molar-refractivity contribution in [2.24, 2.45) is 7.05 Å². The quantitative estimate of drug-likeness (QED) is 0.699. The summed E-state index contributed by atoms with van der Waals surface area (Å²) < 4.78 is 1.70. The number of nitrogens with one attached hydrogen (secondary N) is 1. The van der Waals surface area contributed by atoms with E-state index >= 15 is 0 Å². The van der Waals surface area contributed by atoms with Crippen molar-refractivity contribution in [2.45, 2.75) is 51.9 Å². The first-order chi connectivity index (χ1) is 8.12. The molecule has 1 aliphatic rings. The number of hydroxylamine groups is 4. The number of nitrogens with zero attached hydrogens (tertiary/aromatic N) is 4.